The Hall–Kier alpha value is -3.89. The first-order chi connectivity index (χ1) is 17.3. The van der Waals surface area contributed by atoms with Crippen molar-refractivity contribution in [2.45, 2.75) is 24.5 Å². The van der Waals surface area contributed by atoms with Gasteiger partial charge in [0.1, 0.15) is 16.4 Å². The first kappa shape index (κ1) is 25.2. The van der Waals surface area contributed by atoms with Crippen LogP contribution in [0.1, 0.15) is 22.8 Å². The number of nitrogens with one attached hydrogen (secondary N) is 2. The van der Waals surface area contributed by atoms with Gasteiger partial charge in [0.15, 0.2) is 6.10 Å². The zero-order valence-electron chi connectivity index (χ0n) is 19.9. The largest absolute Gasteiger partial charge is 0.495 e. The zero-order chi connectivity index (χ0) is 25.7. The van der Waals surface area contributed by atoms with Crippen LogP contribution in [0.4, 0.5) is 5.69 Å². The molecule has 0 fully saturated rings. The lowest BCUT2D eigenvalue weighted by atomic mass is 10.1. The predicted octanol–water partition coefficient (Wildman–Crippen LogP) is 2.72. The minimum atomic E-state index is -3.89. The van der Waals surface area contributed by atoms with E-state index in [2.05, 4.69) is 10.0 Å². The third-order valence-corrected chi connectivity index (χ3v) is 7.22. The van der Waals surface area contributed by atoms with Gasteiger partial charge >= 0.3 is 0 Å². The number of carbonyl (C=O) groups is 2. The lowest BCUT2D eigenvalue weighted by Crippen LogP contribution is -2.50. The molecule has 0 saturated heterocycles. The Morgan fingerprint density at radius 2 is 1.78 bits per heavy atom. The second kappa shape index (κ2) is 10.8. The van der Waals surface area contributed by atoms with Gasteiger partial charge in [-0.15, -0.1) is 0 Å². The SMILES string of the molecule is CCNS(=O)(=O)c1cc(C(=O)N2CC(C(=O)NCc3ccccc3)Oc3ccccc32)ccc1OC. The first-order valence-electron chi connectivity index (χ1n) is 11.4. The second-order valence-corrected chi connectivity index (χ2v) is 9.80. The van der Waals surface area contributed by atoms with Crippen molar-refractivity contribution < 1.29 is 27.5 Å². The Balaban J connectivity index is 1.62. The molecule has 1 aliphatic rings. The minimum absolute atomic E-state index is 0.0439. The normalized spacial score (nSPS) is 14.9. The number of nitrogens with zero attached hydrogens (tertiary/aromatic N) is 1. The maximum Gasteiger partial charge on any atom is 0.263 e. The van der Waals surface area contributed by atoms with E-state index in [4.69, 9.17) is 9.47 Å². The highest BCUT2D eigenvalue weighted by molar-refractivity contribution is 7.89. The Morgan fingerprint density at radius 3 is 2.50 bits per heavy atom. The Kier molecular flexibility index (Phi) is 7.56. The molecular formula is C26H27N3O6S. The highest BCUT2D eigenvalue weighted by atomic mass is 32.2. The highest BCUT2D eigenvalue weighted by Gasteiger charge is 2.34. The van der Waals surface area contributed by atoms with Gasteiger partial charge in [0.2, 0.25) is 10.0 Å². The fraction of sp³-hybridized carbons (Fsp3) is 0.231. The van der Waals surface area contributed by atoms with Gasteiger partial charge in [-0.2, -0.15) is 0 Å². The van der Waals surface area contributed by atoms with Crippen molar-refractivity contribution in [1.29, 1.82) is 0 Å². The number of ether oxygens (including phenoxy) is 2. The van der Waals surface area contributed by atoms with Crippen LogP contribution >= 0.6 is 0 Å². The van der Waals surface area contributed by atoms with Crippen LogP contribution in [-0.4, -0.2) is 46.5 Å². The van der Waals surface area contributed by atoms with Gasteiger partial charge in [-0.3, -0.25) is 9.59 Å². The van der Waals surface area contributed by atoms with Crippen molar-refractivity contribution in [3.05, 3.63) is 83.9 Å². The quantitative estimate of drug-likeness (QED) is 0.483. The molecule has 0 aromatic heterocycles. The molecule has 3 aromatic rings. The summed E-state index contributed by atoms with van der Waals surface area (Å²) in [6.07, 6.45) is -0.948. The van der Waals surface area contributed by atoms with Crippen LogP contribution in [0, 0.1) is 0 Å². The first-order valence-corrected chi connectivity index (χ1v) is 12.9. The molecule has 188 valence electrons. The number of fused-ring (bicyclic) bond motifs is 1. The monoisotopic (exact) mass is 509 g/mol. The number of amides is 2. The molecule has 0 aliphatic carbocycles. The van der Waals surface area contributed by atoms with Crippen molar-refractivity contribution in [2.24, 2.45) is 0 Å². The van der Waals surface area contributed by atoms with E-state index in [1.54, 1.807) is 31.2 Å². The Labute approximate surface area is 210 Å². The van der Waals surface area contributed by atoms with Crippen molar-refractivity contribution in [3.63, 3.8) is 0 Å². The minimum Gasteiger partial charge on any atom is -0.495 e. The topological polar surface area (TPSA) is 114 Å². The van der Waals surface area contributed by atoms with Crippen LogP contribution in [0.3, 0.4) is 0 Å². The summed E-state index contributed by atoms with van der Waals surface area (Å²) in [4.78, 5) is 27.9. The van der Waals surface area contributed by atoms with E-state index in [0.717, 1.165) is 5.56 Å². The summed E-state index contributed by atoms with van der Waals surface area (Å²) in [6, 6.07) is 20.6. The predicted molar refractivity (Wildman–Crippen MR) is 135 cm³/mol. The van der Waals surface area contributed by atoms with Crippen molar-refractivity contribution in [3.8, 4) is 11.5 Å². The number of methoxy groups -OCH3 is 1. The summed E-state index contributed by atoms with van der Waals surface area (Å²) in [5, 5.41) is 2.85. The third-order valence-electron chi connectivity index (χ3n) is 5.66. The molecule has 2 amide bonds. The van der Waals surface area contributed by atoms with Crippen molar-refractivity contribution in [1.82, 2.24) is 10.0 Å². The Bertz CT molecular complexity index is 1360. The van der Waals surface area contributed by atoms with E-state index in [-0.39, 0.29) is 35.2 Å². The average molecular weight is 510 g/mol. The van der Waals surface area contributed by atoms with Crippen LogP contribution in [0.15, 0.2) is 77.7 Å². The summed E-state index contributed by atoms with van der Waals surface area (Å²) in [6.45, 7) is 2.12. The van der Waals surface area contributed by atoms with E-state index >= 15 is 0 Å². The molecule has 3 aromatic carbocycles. The van der Waals surface area contributed by atoms with Crippen LogP contribution in [-0.2, 0) is 21.4 Å². The molecule has 1 unspecified atom stereocenters. The van der Waals surface area contributed by atoms with Crippen LogP contribution in [0.5, 0.6) is 11.5 Å². The smallest absolute Gasteiger partial charge is 0.263 e. The number of hydrogen-bond donors (Lipinski definition) is 2. The molecule has 1 atom stereocenters. The molecular weight excluding hydrogens is 482 g/mol. The maximum absolute atomic E-state index is 13.6. The average Bonchev–Trinajstić information content (AvgIpc) is 2.90. The molecule has 4 rings (SSSR count). The number of para-hydroxylation sites is 2. The molecule has 36 heavy (non-hydrogen) atoms. The molecule has 0 radical (unpaired) electrons. The van der Waals surface area contributed by atoms with E-state index < -0.39 is 22.0 Å². The van der Waals surface area contributed by atoms with Crippen LogP contribution < -0.4 is 24.4 Å². The summed E-state index contributed by atoms with van der Waals surface area (Å²) >= 11 is 0. The van der Waals surface area contributed by atoms with Crippen molar-refractivity contribution in [2.75, 3.05) is 25.1 Å². The highest BCUT2D eigenvalue weighted by Crippen LogP contribution is 2.35. The maximum atomic E-state index is 13.6. The standard InChI is InChI=1S/C26H27N3O6S/c1-3-28-36(32,33)24-15-19(13-14-22(24)34-2)26(31)29-17-23(35-21-12-8-7-11-20(21)29)25(30)27-16-18-9-5-4-6-10-18/h4-15,23,28H,3,16-17H2,1-2H3,(H,27,30). The van der Waals surface area contributed by atoms with Crippen LogP contribution in [0.2, 0.25) is 0 Å². The molecule has 2 N–H and O–H groups in total. The number of sulfonamides is 1. The van der Waals surface area contributed by atoms with E-state index in [9.17, 15) is 18.0 Å². The molecule has 9 nitrogen and oxygen atoms in total. The molecule has 0 saturated carbocycles. The molecule has 10 heteroatoms. The van der Waals surface area contributed by atoms with Gasteiger partial charge < -0.3 is 19.7 Å². The molecule has 0 bridgehead atoms. The van der Waals surface area contributed by atoms with Gasteiger partial charge in [-0.25, -0.2) is 13.1 Å². The molecule has 0 spiro atoms. The fourth-order valence-corrected chi connectivity index (χ4v) is 5.14. The summed E-state index contributed by atoms with van der Waals surface area (Å²) in [5.41, 5.74) is 1.55. The Morgan fingerprint density at radius 1 is 1.06 bits per heavy atom. The van der Waals surface area contributed by atoms with Gasteiger partial charge in [-0.1, -0.05) is 49.4 Å². The van der Waals surface area contributed by atoms with Gasteiger partial charge in [0, 0.05) is 18.7 Å². The van der Waals surface area contributed by atoms with Gasteiger partial charge in [0.05, 0.1) is 19.3 Å². The van der Waals surface area contributed by atoms with E-state index in [1.165, 1.54) is 30.2 Å². The number of hydrogen-bond acceptors (Lipinski definition) is 6. The summed E-state index contributed by atoms with van der Waals surface area (Å²) < 4.78 is 38.9. The molecule has 1 aliphatic heterocycles. The van der Waals surface area contributed by atoms with E-state index in [0.29, 0.717) is 18.0 Å². The summed E-state index contributed by atoms with van der Waals surface area (Å²) in [7, 11) is -2.53. The third kappa shape index (κ3) is 5.34. The number of benzene rings is 3. The number of anilines is 1. The lowest BCUT2D eigenvalue weighted by molar-refractivity contribution is -0.128. The summed E-state index contributed by atoms with van der Waals surface area (Å²) in [5.74, 6) is -0.336. The van der Waals surface area contributed by atoms with Gasteiger partial charge in [-0.05, 0) is 35.9 Å². The lowest BCUT2D eigenvalue weighted by Gasteiger charge is -2.34. The number of carbonyl (C=O) groups excluding carboxylic acids is 2. The van der Waals surface area contributed by atoms with Crippen molar-refractivity contribution >= 4 is 27.5 Å². The van der Waals surface area contributed by atoms with Crippen LogP contribution in [0.25, 0.3) is 0 Å². The zero-order valence-corrected chi connectivity index (χ0v) is 20.7. The van der Waals surface area contributed by atoms with Gasteiger partial charge in [0.25, 0.3) is 11.8 Å². The molecule has 1 heterocycles. The second-order valence-electron chi connectivity index (χ2n) is 8.06. The number of rotatable bonds is 8. The fourth-order valence-electron chi connectivity index (χ4n) is 3.91. The van der Waals surface area contributed by atoms with E-state index in [1.807, 2.05) is 30.3 Å².